The Labute approximate surface area is 183 Å². The minimum atomic E-state index is -0.157. The first-order valence-corrected chi connectivity index (χ1v) is 11.1. The molecule has 0 aromatic heterocycles. The van der Waals surface area contributed by atoms with E-state index in [1.807, 2.05) is 19.1 Å². The number of benzene rings is 2. The summed E-state index contributed by atoms with van der Waals surface area (Å²) in [6.07, 6.45) is 0. The average molecular weight is 517 g/mol. The van der Waals surface area contributed by atoms with Gasteiger partial charge in [-0.2, -0.15) is 0 Å². The number of anilines is 2. The van der Waals surface area contributed by atoms with Crippen LogP contribution in [0, 0.1) is 10.5 Å². The van der Waals surface area contributed by atoms with Crippen LogP contribution in [0.5, 0.6) is 0 Å². The maximum Gasteiger partial charge on any atom is 0.234 e. The molecule has 0 atom stereocenters. The summed E-state index contributed by atoms with van der Waals surface area (Å²) >= 11 is 9.59. The van der Waals surface area contributed by atoms with E-state index in [4.69, 9.17) is 11.6 Å². The zero-order valence-corrected chi connectivity index (χ0v) is 19.2. The zero-order valence-electron chi connectivity index (χ0n) is 15.4. The van der Waals surface area contributed by atoms with Crippen molar-refractivity contribution in [2.45, 2.75) is 26.7 Å². The molecule has 27 heavy (non-hydrogen) atoms. The third kappa shape index (κ3) is 6.69. The Bertz CT molecular complexity index is 843. The lowest BCUT2D eigenvalue weighted by Gasteiger charge is -2.14. The topological polar surface area (TPSA) is 58.2 Å². The van der Waals surface area contributed by atoms with E-state index in [0.29, 0.717) is 16.6 Å². The van der Waals surface area contributed by atoms with Gasteiger partial charge in [-0.05, 0) is 76.9 Å². The van der Waals surface area contributed by atoms with Crippen molar-refractivity contribution >= 4 is 69.1 Å². The van der Waals surface area contributed by atoms with Gasteiger partial charge < -0.3 is 10.6 Å². The van der Waals surface area contributed by atoms with Crippen molar-refractivity contribution in [3.63, 3.8) is 0 Å². The second-order valence-corrected chi connectivity index (χ2v) is 9.03. The monoisotopic (exact) mass is 516 g/mol. The number of carbonyl (C=O) groups is 2. The van der Waals surface area contributed by atoms with Crippen LogP contribution in [0.4, 0.5) is 11.4 Å². The van der Waals surface area contributed by atoms with Crippen LogP contribution in [0.25, 0.3) is 0 Å². The largest absolute Gasteiger partial charge is 0.325 e. The maximum atomic E-state index is 12.2. The zero-order chi connectivity index (χ0) is 20.0. The Morgan fingerprint density at radius 1 is 1.07 bits per heavy atom. The highest BCUT2D eigenvalue weighted by Gasteiger charge is 2.12. The van der Waals surface area contributed by atoms with Gasteiger partial charge in [0.15, 0.2) is 0 Å². The minimum absolute atomic E-state index is 0.116. The molecule has 2 N–H and O–H groups in total. The molecule has 0 saturated carbocycles. The molecule has 0 aliphatic rings. The lowest BCUT2D eigenvalue weighted by molar-refractivity contribution is -0.114. The first-order chi connectivity index (χ1) is 12.8. The molecule has 0 aliphatic carbocycles. The minimum Gasteiger partial charge on any atom is -0.325 e. The highest BCUT2D eigenvalue weighted by molar-refractivity contribution is 14.1. The van der Waals surface area contributed by atoms with Gasteiger partial charge >= 0.3 is 0 Å². The molecule has 2 amide bonds. The molecular formula is C20H22ClIN2O2S. The molecule has 0 radical (unpaired) electrons. The maximum absolute atomic E-state index is 12.2. The number of amides is 2. The van der Waals surface area contributed by atoms with Crippen LogP contribution in [0.2, 0.25) is 5.02 Å². The summed E-state index contributed by atoms with van der Waals surface area (Å²) in [5.74, 6) is 0.453. The number of hydrogen-bond acceptors (Lipinski definition) is 3. The van der Waals surface area contributed by atoms with Crippen molar-refractivity contribution in [3.05, 3.63) is 56.1 Å². The van der Waals surface area contributed by atoms with Gasteiger partial charge in [0.2, 0.25) is 11.8 Å². The number of halogens is 2. The molecule has 4 nitrogen and oxygen atoms in total. The standard InChI is InChI=1S/C20H22ClIN2O2S/c1-12(2)15-9-14(22)7-8-18(15)24-20(26)11-27-10-19(25)23-17-6-4-5-16(21)13(17)3/h4-9,12H,10-11H2,1-3H3,(H,23,25)(H,24,26). The first kappa shape index (κ1) is 22.0. The molecule has 0 bridgehead atoms. The van der Waals surface area contributed by atoms with Crippen molar-refractivity contribution in [1.29, 1.82) is 0 Å². The molecule has 0 unspecified atom stereocenters. The highest BCUT2D eigenvalue weighted by atomic mass is 127. The van der Waals surface area contributed by atoms with Gasteiger partial charge in [-0.3, -0.25) is 9.59 Å². The van der Waals surface area contributed by atoms with Gasteiger partial charge in [0.1, 0.15) is 0 Å². The molecule has 2 aromatic rings. The van der Waals surface area contributed by atoms with E-state index < -0.39 is 0 Å². The van der Waals surface area contributed by atoms with E-state index in [1.165, 1.54) is 11.8 Å². The highest BCUT2D eigenvalue weighted by Crippen LogP contribution is 2.26. The molecule has 0 fully saturated rings. The van der Waals surface area contributed by atoms with Crippen LogP contribution in [0.3, 0.4) is 0 Å². The van der Waals surface area contributed by atoms with Gasteiger partial charge in [0, 0.05) is 20.0 Å². The second-order valence-electron chi connectivity index (χ2n) is 6.39. The van der Waals surface area contributed by atoms with Crippen LogP contribution in [-0.4, -0.2) is 23.3 Å². The Morgan fingerprint density at radius 2 is 1.70 bits per heavy atom. The summed E-state index contributed by atoms with van der Waals surface area (Å²) in [6, 6.07) is 11.3. The van der Waals surface area contributed by atoms with Crippen molar-refractivity contribution in [3.8, 4) is 0 Å². The number of thioether (sulfide) groups is 1. The summed E-state index contributed by atoms with van der Waals surface area (Å²) in [6.45, 7) is 6.04. The normalized spacial score (nSPS) is 10.7. The molecule has 2 aromatic carbocycles. The van der Waals surface area contributed by atoms with E-state index in [2.05, 4.69) is 53.1 Å². The van der Waals surface area contributed by atoms with Crippen LogP contribution >= 0.6 is 46.0 Å². The summed E-state index contributed by atoms with van der Waals surface area (Å²) in [5.41, 5.74) is 3.46. The Morgan fingerprint density at radius 3 is 2.33 bits per heavy atom. The van der Waals surface area contributed by atoms with Gasteiger partial charge in [-0.1, -0.05) is 31.5 Å². The van der Waals surface area contributed by atoms with Crippen molar-refractivity contribution in [1.82, 2.24) is 0 Å². The summed E-state index contributed by atoms with van der Waals surface area (Å²) in [7, 11) is 0. The van der Waals surface area contributed by atoms with Crippen LogP contribution in [0.1, 0.15) is 30.9 Å². The van der Waals surface area contributed by atoms with Crippen LogP contribution in [0.15, 0.2) is 36.4 Å². The predicted molar refractivity (Wildman–Crippen MR) is 124 cm³/mol. The molecule has 0 spiro atoms. The van der Waals surface area contributed by atoms with E-state index in [-0.39, 0.29) is 23.3 Å². The Kier molecular flexibility index (Phi) is 8.44. The number of hydrogen-bond donors (Lipinski definition) is 2. The van der Waals surface area contributed by atoms with Gasteiger partial charge in [-0.15, -0.1) is 11.8 Å². The fourth-order valence-corrected chi connectivity index (χ4v) is 3.78. The van der Waals surface area contributed by atoms with E-state index in [9.17, 15) is 9.59 Å². The molecule has 0 heterocycles. The lowest BCUT2D eigenvalue weighted by atomic mass is 10.0. The van der Waals surface area contributed by atoms with Gasteiger partial charge in [0.05, 0.1) is 11.5 Å². The predicted octanol–water partition coefficient (Wildman–Crippen LogP) is 5.69. The molecule has 2 rings (SSSR count). The Hall–Kier alpha value is -1.25. The molecule has 0 aliphatic heterocycles. The molecule has 0 saturated heterocycles. The Balaban J connectivity index is 1.84. The van der Waals surface area contributed by atoms with Crippen LogP contribution in [-0.2, 0) is 9.59 Å². The average Bonchev–Trinajstić information content (AvgIpc) is 2.60. The molecule has 144 valence electrons. The quantitative estimate of drug-likeness (QED) is 0.465. The van der Waals surface area contributed by atoms with E-state index in [0.717, 1.165) is 20.4 Å². The number of nitrogens with one attached hydrogen (secondary N) is 2. The summed E-state index contributed by atoms with van der Waals surface area (Å²) in [5, 5.41) is 6.38. The van der Waals surface area contributed by atoms with E-state index >= 15 is 0 Å². The van der Waals surface area contributed by atoms with Gasteiger partial charge in [0.25, 0.3) is 0 Å². The molecular weight excluding hydrogens is 495 g/mol. The molecule has 7 heteroatoms. The third-order valence-corrected chi connectivity index (χ3v) is 5.93. The number of rotatable bonds is 7. The first-order valence-electron chi connectivity index (χ1n) is 8.50. The van der Waals surface area contributed by atoms with Crippen LogP contribution < -0.4 is 10.6 Å². The smallest absolute Gasteiger partial charge is 0.234 e. The van der Waals surface area contributed by atoms with E-state index in [1.54, 1.807) is 18.2 Å². The van der Waals surface area contributed by atoms with Crippen molar-refractivity contribution in [2.75, 3.05) is 22.1 Å². The lowest BCUT2D eigenvalue weighted by Crippen LogP contribution is -2.19. The fraction of sp³-hybridized carbons (Fsp3) is 0.300. The summed E-state index contributed by atoms with van der Waals surface area (Å²) in [4.78, 5) is 24.3. The third-order valence-electron chi connectivity index (χ3n) is 3.92. The fourth-order valence-electron chi connectivity index (χ4n) is 2.48. The summed E-state index contributed by atoms with van der Waals surface area (Å²) < 4.78 is 1.14. The number of carbonyl (C=O) groups excluding carboxylic acids is 2. The van der Waals surface area contributed by atoms with Crippen molar-refractivity contribution < 1.29 is 9.59 Å². The SMILES string of the molecule is Cc1c(Cl)cccc1NC(=O)CSCC(=O)Nc1ccc(I)cc1C(C)C. The second kappa shape index (κ2) is 10.3. The van der Waals surface area contributed by atoms with Crippen molar-refractivity contribution in [2.24, 2.45) is 0 Å². The van der Waals surface area contributed by atoms with Gasteiger partial charge in [-0.25, -0.2) is 0 Å².